The van der Waals surface area contributed by atoms with E-state index in [-0.39, 0.29) is 5.91 Å². The van der Waals surface area contributed by atoms with Gasteiger partial charge in [-0.05, 0) is 55.7 Å². The van der Waals surface area contributed by atoms with E-state index in [4.69, 9.17) is 4.99 Å². The fraction of sp³-hybridized carbons (Fsp3) is 0.516. The van der Waals surface area contributed by atoms with Gasteiger partial charge in [-0.15, -0.1) is 0 Å². The maximum Gasteiger partial charge on any atom is 0.416 e. The molecule has 1 aliphatic heterocycles. The molecule has 5 rings (SSSR count). The average Bonchev–Trinajstić information content (AvgIpc) is 3.86. The highest BCUT2D eigenvalue weighted by atomic mass is 19.4. The molecular weight excluding hydrogens is 519 g/mol. The molecule has 9 heteroatoms. The first-order valence-electron chi connectivity index (χ1n) is 14.3. The summed E-state index contributed by atoms with van der Waals surface area (Å²) >= 11 is 0. The van der Waals surface area contributed by atoms with Crippen LogP contribution in [0.25, 0.3) is 0 Å². The molecule has 2 aromatic rings. The van der Waals surface area contributed by atoms with Crippen molar-refractivity contribution in [2.45, 2.75) is 76.7 Å². The SMILES string of the molecule is CCCC[C@H](O)[C@@H](CC1CC1)C(=O)NC1N=C(c2ccc(C(F)(F)F)cc2)c2ccccc2N(CC2CC2)C1=O. The van der Waals surface area contributed by atoms with Crippen LogP contribution in [0, 0.1) is 17.8 Å². The Morgan fingerprint density at radius 3 is 2.38 bits per heavy atom. The van der Waals surface area contributed by atoms with Crippen LogP contribution in [-0.2, 0) is 15.8 Å². The van der Waals surface area contributed by atoms with E-state index in [0.29, 0.717) is 53.7 Å². The van der Waals surface area contributed by atoms with Gasteiger partial charge in [-0.25, -0.2) is 4.99 Å². The lowest BCUT2D eigenvalue weighted by molar-refractivity contribution is -0.137. The molecule has 2 aliphatic carbocycles. The standard InChI is InChI=1S/C31H36F3N3O3/c1-2-3-8-26(38)24(17-19-9-10-19)29(39)36-28-30(40)37(18-20-11-12-20)25-7-5-4-6-23(25)27(35-28)21-13-15-22(16-14-21)31(32,33)34/h4-7,13-16,19-20,24,26,28,38H,2-3,8-12,17-18H2,1H3,(H,36,39)/t24-,26+,28?/m1/s1. The first kappa shape index (κ1) is 28.3. The summed E-state index contributed by atoms with van der Waals surface area (Å²) in [4.78, 5) is 33.9. The molecule has 0 bridgehead atoms. The molecule has 0 spiro atoms. The summed E-state index contributed by atoms with van der Waals surface area (Å²) in [6, 6.07) is 11.9. The Hall–Kier alpha value is -3.20. The highest BCUT2D eigenvalue weighted by Gasteiger charge is 2.39. The predicted octanol–water partition coefficient (Wildman–Crippen LogP) is 5.71. The molecule has 0 radical (unpaired) electrons. The number of carbonyl (C=O) groups is 2. The summed E-state index contributed by atoms with van der Waals surface area (Å²) in [6.45, 7) is 2.50. The number of aliphatic hydroxyl groups excluding tert-OH is 1. The number of hydrogen-bond acceptors (Lipinski definition) is 4. The number of nitrogens with one attached hydrogen (secondary N) is 1. The van der Waals surface area contributed by atoms with Gasteiger partial charge in [0.2, 0.25) is 12.1 Å². The number of aliphatic imine (C=N–C) groups is 1. The van der Waals surface area contributed by atoms with Gasteiger partial charge < -0.3 is 15.3 Å². The molecule has 2 fully saturated rings. The summed E-state index contributed by atoms with van der Waals surface area (Å²) in [5.74, 6) is -0.721. The summed E-state index contributed by atoms with van der Waals surface area (Å²) < 4.78 is 39.8. The molecule has 2 aromatic carbocycles. The van der Waals surface area contributed by atoms with Crippen molar-refractivity contribution in [2.24, 2.45) is 22.7 Å². The second-order valence-corrected chi connectivity index (χ2v) is 11.4. The number of fused-ring (bicyclic) bond motifs is 1. The van der Waals surface area contributed by atoms with Crippen LogP contribution in [0.1, 0.15) is 75.0 Å². The fourth-order valence-electron chi connectivity index (χ4n) is 5.33. The van der Waals surface area contributed by atoms with Crippen LogP contribution >= 0.6 is 0 Å². The topological polar surface area (TPSA) is 82.0 Å². The molecular formula is C31H36F3N3O3. The third kappa shape index (κ3) is 6.57. The minimum Gasteiger partial charge on any atom is -0.392 e. The lowest BCUT2D eigenvalue weighted by atomic mass is 9.91. The molecule has 40 heavy (non-hydrogen) atoms. The van der Waals surface area contributed by atoms with Crippen molar-refractivity contribution in [2.75, 3.05) is 11.4 Å². The third-order valence-corrected chi connectivity index (χ3v) is 8.05. The van der Waals surface area contributed by atoms with Crippen LogP contribution in [-0.4, -0.2) is 41.4 Å². The van der Waals surface area contributed by atoms with Crippen molar-refractivity contribution < 1.29 is 27.9 Å². The van der Waals surface area contributed by atoms with Crippen LogP contribution in [0.5, 0.6) is 0 Å². The van der Waals surface area contributed by atoms with Crippen molar-refractivity contribution in [1.82, 2.24) is 5.32 Å². The molecule has 2 N–H and O–H groups in total. The smallest absolute Gasteiger partial charge is 0.392 e. The second kappa shape index (κ2) is 11.7. The number of benzodiazepines with no additional fused rings is 1. The first-order valence-corrected chi connectivity index (χ1v) is 14.3. The lowest BCUT2D eigenvalue weighted by Crippen LogP contribution is -2.51. The van der Waals surface area contributed by atoms with Crippen LogP contribution < -0.4 is 10.2 Å². The van der Waals surface area contributed by atoms with Gasteiger partial charge in [0, 0.05) is 17.7 Å². The average molecular weight is 556 g/mol. The van der Waals surface area contributed by atoms with E-state index >= 15 is 0 Å². The van der Waals surface area contributed by atoms with Crippen molar-refractivity contribution >= 4 is 23.2 Å². The van der Waals surface area contributed by atoms with Crippen LogP contribution in [0.3, 0.4) is 0 Å². The molecule has 1 heterocycles. The molecule has 214 valence electrons. The predicted molar refractivity (Wildman–Crippen MR) is 147 cm³/mol. The van der Waals surface area contributed by atoms with Crippen molar-refractivity contribution in [3.63, 3.8) is 0 Å². The summed E-state index contributed by atoms with van der Waals surface area (Å²) in [6.07, 6.45) is 0.217. The molecule has 2 saturated carbocycles. The minimum atomic E-state index is -4.48. The van der Waals surface area contributed by atoms with Crippen molar-refractivity contribution in [3.8, 4) is 0 Å². The number of amides is 2. The van der Waals surface area contributed by atoms with E-state index < -0.39 is 35.8 Å². The lowest BCUT2D eigenvalue weighted by Gasteiger charge is -2.27. The summed E-state index contributed by atoms with van der Waals surface area (Å²) in [5, 5.41) is 13.7. The summed E-state index contributed by atoms with van der Waals surface area (Å²) in [5.41, 5.74) is 1.21. The Morgan fingerprint density at radius 1 is 1.07 bits per heavy atom. The number of hydrogen-bond donors (Lipinski definition) is 2. The van der Waals surface area contributed by atoms with Crippen molar-refractivity contribution in [1.29, 1.82) is 0 Å². The molecule has 0 aromatic heterocycles. The number of para-hydroxylation sites is 1. The van der Waals surface area contributed by atoms with Gasteiger partial charge in [0.25, 0.3) is 5.91 Å². The minimum absolute atomic E-state index is 0.339. The van der Waals surface area contributed by atoms with E-state index in [1.807, 2.05) is 19.1 Å². The Bertz CT molecular complexity index is 1250. The number of alkyl halides is 3. The van der Waals surface area contributed by atoms with Gasteiger partial charge in [0.15, 0.2) is 0 Å². The maximum absolute atomic E-state index is 14.0. The molecule has 6 nitrogen and oxygen atoms in total. The number of halogens is 3. The number of carbonyl (C=O) groups excluding carboxylic acids is 2. The maximum atomic E-state index is 14.0. The van der Waals surface area contributed by atoms with E-state index in [0.717, 1.165) is 50.7 Å². The van der Waals surface area contributed by atoms with Gasteiger partial charge in [0.05, 0.1) is 29.0 Å². The number of anilines is 1. The van der Waals surface area contributed by atoms with Crippen LogP contribution in [0.4, 0.5) is 18.9 Å². The molecule has 3 atom stereocenters. The highest BCUT2D eigenvalue weighted by molar-refractivity contribution is 6.20. The van der Waals surface area contributed by atoms with E-state index in [1.165, 1.54) is 12.1 Å². The third-order valence-electron chi connectivity index (χ3n) is 8.05. The summed E-state index contributed by atoms with van der Waals surface area (Å²) in [7, 11) is 0. The number of aliphatic hydroxyl groups is 1. The zero-order chi connectivity index (χ0) is 28.4. The number of nitrogens with zero attached hydrogens (tertiary/aromatic N) is 2. The zero-order valence-corrected chi connectivity index (χ0v) is 22.7. The quantitative estimate of drug-likeness (QED) is 0.373. The molecule has 2 amide bonds. The number of unbranched alkanes of at least 4 members (excludes halogenated alkanes) is 1. The normalized spacial score (nSPS) is 20.8. The molecule has 3 aliphatic rings. The first-order chi connectivity index (χ1) is 19.2. The van der Waals surface area contributed by atoms with Crippen LogP contribution in [0.15, 0.2) is 53.5 Å². The fourth-order valence-corrected chi connectivity index (χ4v) is 5.33. The monoisotopic (exact) mass is 555 g/mol. The Balaban J connectivity index is 1.51. The molecule has 1 unspecified atom stereocenters. The van der Waals surface area contributed by atoms with Crippen molar-refractivity contribution in [3.05, 3.63) is 65.2 Å². The Kier molecular flexibility index (Phi) is 8.31. The largest absolute Gasteiger partial charge is 0.416 e. The highest BCUT2D eigenvalue weighted by Crippen LogP contribution is 2.38. The second-order valence-electron chi connectivity index (χ2n) is 11.4. The van der Waals surface area contributed by atoms with Gasteiger partial charge >= 0.3 is 6.18 Å². The van der Waals surface area contributed by atoms with Gasteiger partial charge in [0.1, 0.15) is 0 Å². The van der Waals surface area contributed by atoms with Crippen LogP contribution in [0.2, 0.25) is 0 Å². The van der Waals surface area contributed by atoms with Gasteiger partial charge in [-0.1, -0.05) is 62.9 Å². The van der Waals surface area contributed by atoms with E-state index in [1.54, 1.807) is 17.0 Å². The van der Waals surface area contributed by atoms with E-state index in [2.05, 4.69) is 5.32 Å². The number of benzene rings is 2. The van der Waals surface area contributed by atoms with Gasteiger partial charge in [-0.2, -0.15) is 13.2 Å². The Labute approximate surface area is 232 Å². The molecule has 0 saturated heterocycles. The zero-order valence-electron chi connectivity index (χ0n) is 22.7. The van der Waals surface area contributed by atoms with E-state index in [9.17, 15) is 27.9 Å². The Morgan fingerprint density at radius 2 is 1.75 bits per heavy atom. The number of rotatable bonds is 11. The van der Waals surface area contributed by atoms with Gasteiger partial charge in [-0.3, -0.25) is 9.59 Å².